The second-order valence-electron chi connectivity index (χ2n) is 9.55. The van der Waals surface area contributed by atoms with E-state index in [-0.39, 0.29) is 23.8 Å². The van der Waals surface area contributed by atoms with Crippen LogP contribution in [0.5, 0.6) is 5.75 Å². The Morgan fingerprint density at radius 2 is 2.05 bits per heavy atom. The van der Waals surface area contributed by atoms with Crippen molar-refractivity contribution in [1.29, 1.82) is 0 Å². The number of fused-ring (bicyclic) bond motifs is 1. The Labute approximate surface area is 219 Å². The minimum absolute atomic E-state index is 0.0391. The Kier molecular flexibility index (Phi) is 7.63. The number of urea groups is 1. The van der Waals surface area contributed by atoms with Gasteiger partial charge in [0.05, 0.1) is 22.7 Å². The Bertz CT molecular complexity index is 1280. The second-order valence-corrected chi connectivity index (χ2v) is 9.96. The van der Waals surface area contributed by atoms with Crippen molar-refractivity contribution in [2.24, 2.45) is 5.41 Å². The number of hydrogen-bond acceptors (Lipinski definition) is 5. The van der Waals surface area contributed by atoms with E-state index in [0.717, 1.165) is 11.1 Å². The van der Waals surface area contributed by atoms with Crippen LogP contribution in [0.4, 0.5) is 20.6 Å². The number of nitrogens with one attached hydrogen (secondary N) is 2. The van der Waals surface area contributed by atoms with Crippen LogP contribution in [-0.2, 0) is 9.53 Å². The van der Waals surface area contributed by atoms with Gasteiger partial charge in [0.25, 0.3) is 0 Å². The van der Waals surface area contributed by atoms with Crippen molar-refractivity contribution in [3.8, 4) is 5.75 Å². The largest absolute Gasteiger partial charge is 0.486 e. The van der Waals surface area contributed by atoms with Crippen molar-refractivity contribution in [1.82, 2.24) is 5.32 Å². The molecular weight excluding hydrogens is 501 g/mol. The van der Waals surface area contributed by atoms with Crippen LogP contribution in [0, 0.1) is 11.2 Å². The van der Waals surface area contributed by atoms with Gasteiger partial charge in [0.2, 0.25) is 0 Å². The van der Waals surface area contributed by atoms with Crippen LogP contribution in [-0.4, -0.2) is 42.9 Å². The molecule has 0 aliphatic carbocycles. The highest BCUT2D eigenvalue weighted by Crippen LogP contribution is 2.37. The SMILES string of the molecule is CCC1CN(C(=O)Nc2ccc(F)c(Cl)c2)c2ccc(C3=CC=C(OCC(C)(C)C(=O)O)NC3)cc2O1. The van der Waals surface area contributed by atoms with Gasteiger partial charge < -0.3 is 25.2 Å². The maximum absolute atomic E-state index is 13.5. The molecule has 1 unspecified atom stereocenters. The number of amides is 2. The lowest BCUT2D eigenvalue weighted by atomic mass is 9.95. The number of carboxylic acid groups (broad SMARTS) is 1. The molecule has 1 atom stereocenters. The lowest BCUT2D eigenvalue weighted by molar-refractivity contribution is -0.149. The Morgan fingerprint density at radius 3 is 2.70 bits per heavy atom. The van der Waals surface area contributed by atoms with Crippen molar-refractivity contribution in [3.05, 3.63) is 70.8 Å². The number of carbonyl (C=O) groups is 2. The molecule has 4 rings (SSSR count). The molecule has 0 bridgehead atoms. The standard InChI is InChI=1S/C27H29ClFN3O5/c1-4-19-14-32(26(35)31-18-7-8-21(29)20(28)12-18)22-9-5-16(11-23(22)37-19)17-6-10-24(30-13-17)36-15-27(2,3)25(33)34/h5-12,19,30H,4,13-15H2,1-3H3,(H,31,35)(H,33,34). The van der Waals surface area contributed by atoms with Gasteiger partial charge in [-0.3, -0.25) is 9.69 Å². The number of benzene rings is 2. The topological polar surface area (TPSA) is 100 Å². The summed E-state index contributed by atoms with van der Waals surface area (Å²) in [5.41, 5.74) is 1.91. The summed E-state index contributed by atoms with van der Waals surface area (Å²) in [7, 11) is 0. The molecule has 2 aliphatic heterocycles. The normalized spacial score (nSPS) is 17.0. The predicted molar refractivity (Wildman–Crippen MR) is 140 cm³/mol. The second kappa shape index (κ2) is 10.7. The van der Waals surface area contributed by atoms with Gasteiger partial charge in [-0.15, -0.1) is 0 Å². The van der Waals surface area contributed by atoms with Crippen molar-refractivity contribution in [3.63, 3.8) is 0 Å². The van der Waals surface area contributed by atoms with Gasteiger partial charge in [-0.2, -0.15) is 0 Å². The number of carboxylic acids is 1. The zero-order valence-electron chi connectivity index (χ0n) is 20.8. The lowest BCUT2D eigenvalue weighted by Gasteiger charge is -2.35. The van der Waals surface area contributed by atoms with Crippen LogP contribution < -0.4 is 20.3 Å². The van der Waals surface area contributed by atoms with E-state index < -0.39 is 17.2 Å². The molecule has 0 aromatic heterocycles. The number of aliphatic carboxylic acids is 1. The number of anilines is 2. The number of halogens is 2. The number of allylic oxidation sites excluding steroid dienone is 2. The molecule has 0 spiro atoms. The highest BCUT2D eigenvalue weighted by atomic mass is 35.5. The maximum Gasteiger partial charge on any atom is 0.326 e. The molecule has 10 heteroatoms. The summed E-state index contributed by atoms with van der Waals surface area (Å²) in [5, 5.41) is 15.1. The highest BCUT2D eigenvalue weighted by Gasteiger charge is 2.30. The average molecular weight is 530 g/mol. The summed E-state index contributed by atoms with van der Waals surface area (Å²) < 4.78 is 25.3. The van der Waals surface area contributed by atoms with Crippen LogP contribution in [0.15, 0.2) is 54.4 Å². The molecule has 196 valence electrons. The zero-order valence-corrected chi connectivity index (χ0v) is 21.6. The predicted octanol–water partition coefficient (Wildman–Crippen LogP) is 5.64. The first-order valence-electron chi connectivity index (χ1n) is 11.9. The van der Waals surface area contributed by atoms with Crippen molar-refractivity contribution in [2.45, 2.75) is 33.3 Å². The minimum atomic E-state index is -1.00. The zero-order chi connectivity index (χ0) is 26.7. The summed E-state index contributed by atoms with van der Waals surface area (Å²) in [4.78, 5) is 26.0. The van der Waals surface area contributed by atoms with Crippen molar-refractivity contribution in [2.75, 3.05) is 29.9 Å². The molecule has 0 fully saturated rings. The smallest absolute Gasteiger partial charge is 0.326 e. The van der Waals surface area contributed by atoms with E-state index in [2.05, 4.69) is 10.6 Å². The first-order chi connectivity index (χ1) is 17.6. The van der Waals surface area contributed by atoms with Crippen LogP contribution in [0.3, 0.4) is 0 Å². The number of ether oxygens (including phenoxy) is 2. The number of carbonyl (C=O) groups excluding carboxylic acids is 1. The van der Waals surface area contributed by atoms with Crippen LogP contribution >= 0.6 is 11.6 Å². The molecule has 37 heavy (non-hydrogen) atoms. The monoisotopic (exact) mass is 529 g/mol. The fourth-order valence-corrected chi connectivity index (χ4v) is 3.99. The van der Waals surface area contributed by atoms with Gasteiger partial charge in [0.1, 0.15) is 24.3 Å². The van der Waals surface area contributed by atoms with Gasteiger partial charge in [0, 0.05) is 12.2 Å². The van der Waals surface area contributed by atoms with Gasteiger partial charge in [-0.25, -0.2) is 9.18 Å². The summed E-state index contributed by atoms with van der Waals surface area (Å²) in [5.74, 6) is -0.400. The summed E-state index contributed by atoms with van der Waals surface area (Å²) in [6.45, 7) is 6.08. The lowest BCUT2D eigenvalue weighted by Crippen LogP contribution is -2.45. The van der Waals surface area contributed by atoms with Gasteiger partial charge >= 0.3 is 12.0 Å². The third-order valence-corrected chi connectivity index (χ3v) is 6.52. The Morgan fingerprint density at radius 1 is 1.27 bits per heavy atom. The van der Waals surface area contributed by atoms with E-state index in [4.69, 9.17) is 21.1 Å². The molecule has 2 heterocycles. The quantitative estimate of drug-likeness (QED) is 0.429. The third kappa shape index (κ3) is 5.99. The van der Waals surface area contributed by atoms with Gasteiger partial charge in [0.15, 0.2) is 5.88 Å². The fraction of sp³-hybridized carbons (Fsp3) is 0.333. The first kappa shape index (κ1) is 26.3. The van der Waals surface area contributed by atoms with Crippen LogP contribution in [0.2, 0.25) is 5.02 Å². The number of rotatable bonds is 7. The van der Waals surface area contributed by atoms with E-state index in [9.17, 15) is 19.1 Å². The molecular formula is C27H29ClFN3O5. The van der Waals surface area contributed by atoms with E-state index in [0.29, 0.717) is 42.5 Å². The molecule has 8 nitrogen and oxygen atoms in total. The molecule has 0 saturated heterocycles. The molecule has 2 aromatic rings. The van der Waals surface area contributed by atoms with E-state index >= 15 is 0 Å². The molecule has 0 radical (unpaired) electrons. The summed E-state index contributed by atoms with van der Waals surface area (Å²) in [6, 6.07) is 9.30. The molecule has 2 amide bonds. The number of dihydropyridines is 1. The Hall–Kier alpha value is -3.72. The summed E-state index contributed by atoms with van der Waals surface area (Å²) in [6.07, 6.45) is 4.18. The number of nitrogens with zero attached hydrogens (tertiary/aromatic N) is 1. The first-order valence-corrected chi connectivity index (χ1v) is 12.3. The third-order valence-electron chi connectivity index (χ3n) is 6.23. The fourth-order valence-electron chi connectivity index (χ4n) is 3.81. The van der Waals surface area contributed by atoms with E-state index in [1.807, 2.05) is 31.2 Å². The maximum atomic E-state index is 13.5. The van der Waals surface area contributed by atoms with Crippen molar-refractivity contribution < 1.29 is 28.6 Å². The van der Waals surface area contributed by atoms with Crippen LogP contribution in [0.25, 0.3) is 5.57 Å². The van der Waals surface area contributed by atoms with E-state index in [1.165, 1.54) is 18.2 Å². The highest BCUT2D eigenvalue weighted by molar-refractivity contribution is 6.31. The van der Waals surface area contributed by atoms with Crippen LogP contribution in [0.1, 0.15) is 32.8 Å². The van der Waals surface area contributed by atoms with E-state index in [1.54, 1.807) is 24.8 Å². The average Bonchev–Trinajstić information content (AvgIpc) is 2.88. The van der Waals surface area contributed by atoms with Gasteiger partial charge in [-0.05, 0) is 67.8 Å². The molecule has 0 saturated carbocycles. The Balaban J connectivity index is 1.52. The number of hydrogen-bond donors (Lipinski definition) is 3. The van der Waals surface area contributed by atoms with Crippen molar-refractivity contribution >= 4 is 40.5 Å². The molecule has 2 aliphatic rings. The molecule has 2 aromatic carbocycles. The molecule has 3 N–H and O–H groups in total. The minimum Gasteiger partial charge on any atom is -0.486 e. The van der Waals surface area contributed by atoms with Gasteiger partial charge in [-0.1, -0.05) is 30.7 Å². The summed E-state index contributed by atoms with van der Waals surface area (Å²) >= 11 is 5.85.